The molecule has 2 aliphatic rings. The van der Waals surface area contributed by atoms with Crippen molar-refractivity contribution in [2.75, 3.05) is 27.2 Å². The zero-order valence-corrected chi connectivity index (χ0v) is 19.6. The van der Waals surface area contributed by atoms with E-state index in [1.807, 2.05) is 25.1 Å². The van der Waals surface area contributed by atoms with Gasteiger partial charge in [0.15, 0.2) is 0 Å². The molecule has 2 aromatic carbocycles. The van der Waals surface area contributed by atoms with Crippen LogP contribution in [-0.4, -0.2) is 48.8 Å². The van der Waals surface area contributed by atoms with E-state index in [4.69, 9.17) is 0 Å². The maximum absolute atomic E-state index is 13.4. The standard InChI is InChI=1S/C28H36N2O2/c1-29(2)27(32)28(16-18-30(19-17-28)26(31)24-13-7-4-8-14-24)21-22-10-9-15-25(20-22)23-11-5-3-6-12-23/h3,5-6,9-12,15,20,24H,4,7-8,13-14,16-19,21H2,1-2H3. The number of carbonyl (C=O) groups excluding carboxylic acids is 2. The smallest absolute Gasteiger partial charge is 0.228 e. The predicted octanol–water partition coefficient (Wildman–Crippen LogP) is 5.17. The van der Waals surface area contributed by atoms with Gasteiger partial charge in [0.2, 0.25) is 11.8 Å². The van der Waals surface area contributed by atoms with Gasteiger partial charge in [-0.15, -0.1) is 0 Å². The van der Waals surface area contributed by atoms with Crippen molar-refractivity contribution in [1.29, 1.82) is 0 Å². The molecule has 0 bridgehead atoms. The van der Waals surface area contributed by atoms with E-state index >= 15 is 0 Å². The molecule has 0 aromatic heterocycles. The Balaban J connectivity index is 1.51. The van der Waals surface area contributed by atoms with Crippen molar-refractivity contribution < 1.29 is 9.59 Å². The van der Waals surface area contributed by atoms with Crippen LogP contribution in [0.2, 0.25) is 0 Å². The first-order valence-corrected chi connectivity index (χ1v) is 12.1. The van der Waals surface area contributed by atoms with Crippen molar-refractivity contribution in [2.45, 2.75) is 51.4 Å². The number of amides is 2. The largest absolute Gasteiger partial charge is 0.348 e. The fourth-order valence-electron chi connectivity index (χ4n) is 5.59. The summed E-state index contributed by atoms with van der Waals surface area (Å²) in [6.07, 6.45) is 7.85. The summed E-state index contributed by atoms with van der Waals surface area (Å²) in [5, 5.41) is 0. The number of benzene rings is 2. The highest BCUT2D eigenvalue weighted by Crippen LogP contribution is 2.38. The fraction of sp³-hybridized carbons (Fsp3) is 0.500. The highest BCUT2D eigenvalue weighted by Gasteiger charge is 2.43. The van der Waals surface area contributed by atoms with Gasteiger partial charge in [0, 0.05) is 33.1 Å². The van der Waals surface area contributed by atoms with Crippen molar-refractivity contribution in [3.63, 3.8) is 0 Å². The molecule has 4 nitrogen and oxygen atoms in total. The lowest BCUT2D eigenvalue weighted by molar-refractivity contribution is -0.148. The summed E-state index contributed by atoms with van der Waals surface area (Å²) in [6, 6.07) is 19.0. The van der Waals surface area contributed by atoms with Crippen molar-refractivity contribution in [1.82, 2.24) is 9.80 Å². The minimum Gasteiger partial charge on any atom is -0.348 e. The van der Waals surface area contributed by atoms with Gasteiger partial charge in [0.25, 0.3) is 0 Å². The molecule has 170 valence electrons. The van der Waals surface area contributed by atoms with E-state index in [2.05, 4.69) is 48.5 Å². The van der Waals surface area contributed by atoms with E-state index in [1.165, 1.54) is 36.0 Å². The van der Waals surface area contributed by atoms with Crippen LogP contribution in [-0.2, 0) is 16.0 Å². The topological polar surface area (TPSA) is 40.6 Å². The highest BCUT2D eigenvalue weighted by molar-refractivity contribution is 5.84. The third-order valence-corrected chi connectivity index (χ3v) is 7.42. The summed E-state index contributed by atoms with van der Waals surface area (Å²) in [5.74, 6) is 0.706. The minimum atomic E-state index is -0.442. The quantitative estimate of drug-likeness (QED) is 0.654. The van der Waals surface area contributed by atoms with E-state index in [-0.39, 0.29) is 11.8 Å². The number of carbonyl (C=O) groups is 2. The van der Waals surface area contributed by atoms with Crippen LogP contribution in [0.5, 0.6) is 0 Å². The summed E-state index contributed by atoms with van der Waals surface area (Å²) in [5.41, 5.74) is 3.12. The van der Waals surface area contributed by atoms with Crippen molar-refractivity contribution in [3.8, 4) is 11.1 Å². The van der Waals surface area contributed by atoms with Crippen molar-refractivity contribution >= 4 is 11.8 Å². The second kappa shape index (κ2) is 9.89. The molecule has 2 amide bonds. The first-order valence-electron chi connectivity index (χ1n) is 12.1. The molecule has 0 spiro atoms. The Labute approximate surface area is 192 Å². The molecular formula is C28H36N2O2. The molecule has 1 aliphatic carbocycles. The van der Waals surface area contributed by atoms with Gasteiger partial charge >= 0.3 is 0 Å². The normalized spacial score (nSPS) is 18.9. The van der Waals surface area contributed by atoms with E-state index in [1.54, 1.807) is 4.90 Å². The number of nitrogens with zero attached hydrogens (tertiary/aromatic N) is 2. The van der Waals surface area contributed by atoms with Gasteiger partial charge in [-0.2, -0.15) is 0 Å². The molecular weight excluding hydrogens is 396 g/mol. The van der Waals surface area contributed by atoms with Crippen LogP contribution < -0.4 is 0 Å². The number of rotatable bonds is 5. The second-order valence-electron chi connectivity index (χ2n) is 9.88. The van der Waals surface area contributed by atoms with Crippen molar-refractivity contribution in [3.05, 3.63) is 60.2 Å². The SMILES string of the molecule is CN(C)C(=O)C1(Cc2cccc(-c3ccccc3)c2)CCN(C(=O)C2CCCCC2)CC1. The molecule has 0 unspecified atom stereocenters. The van der Waals surface area contributed by atoms with Crippen LogP contribution in [0.3, 0.4) is 0 Å². The van der Waals surface area contributed by atoms with Crippen LogP contribution >= 0.6 is 0 Å². The lowest BCUT2D eigenvalue weighted by Crippen LogP contribution is -2.52. The predicted molar refractivity (Wildman–Crippen MR) is 129 cm³/mol. The molecule has 0 atom stereocenters. The monoisotopic (exact) mass is 432 g/mol. The van der Waals surface area contributed by atoms with Gasteiger partial charge < -0.3 is 9.80 Å². The molecule has 1 aliphatic heterocycles. The average molecular weight is 433 g/mol. The Morgan fingerprint density at radius 1 is 0.906 bits per heavy atom. The second-order valence-corrected chi connectivity index (χ2v) is 9.88. The van der Waals surface area contributed by atoms with Gasteiger partial charge in [-0.3, -0.25) is 9.59 Å². The Kier molecular flexibility index (Phi) is 6.98. The van der Waals surface area contributed by atoms with Crippen LogP contribution in [0.15, 0.2) is 54.6 Å². The number of hydrogen-bond acceptors (Lipinski definition) is 2. The molecule has 4 rings (SSSR count). The summed E-state index contributed by atoms with van der Waals surface area (Å²) in [6.45, 7) is 1.38. The summed E-state index contributed by atoms with van der Waals surface area (Å²) in [7, 11) is 3.70. The average Bonchev–Trinajstić information content (AvgIpc) is 2.85. The maximum atomic E-state index is 13.4. The zero-order chi connectivity index (χ0) is 22.6. The van der Waals surface area contributed by atoms with Crippen molar-refractivity contribution in [2.24, 2.45) is 11.3 Å². The minimum absolute atomic E-state index is 0.187. The Morgan fingerprint density at radius 3 is 2.22 bits per heavy atom. The third kappa shape index (κ3) is 4.90. The maximum Gasteiger partial charge on any atom is 0.228 e. The molecule has 0 radical (unpaired) electrons. The molecule has 1 saturated heterocycles. The van der Waals surface area contributed by atoms with Gasteiger partial charge in [-0.25, -0.2) is 0 Å². The lowest BCUT2D eigenvalue weighted by atomic mass is 9.72. The fourth-order valence-corrected chi connectivity index (χ4v) is 5.59. The summed E-state index contributed by atoms with van der Waals surface area (Å²) in [4.78, 5) is 30.2. The zero-order valence-electron chi connectivity index (χ0n) is 19.6. The molecule has 2 fully saturated rings. The van der Waals surface area contributed by atoms with Crippen LogP contribution in [0.25, 0.3) is 11.1 Å². The number of piperidine rings is 1. The van der Waals surface area contributed by atoms with Crippen LogP contribution in [0.4, 0.5) is 0 Å². The van der Waals surface area contributed by atoms with Crippen LogP contribution in [0.1, 0.15) is 50.5 Å². The summed E-state index contributed by atoms with van der Waals surface area (Å²) >= 11 is 0. The first kappa shape index (κ1) is 22.6. The first-order chi connectivity index (χ1) is 15.5. The molecule has 0 N–H and O–H groups in total. The van der Waals surface area contributed by atoms with Gasteiger partial charge in [0.1, 0.15) is 0 Å². The Morgan fingerprint density at radius 2 is 1.56 bits per heavy atom. The van der Waals surface area contributed by atoms with Crippen LogP contribution in [0, 0.1) is 11.3 Å². The lowest BCUT2D eigenvalue weighted by Gasteiger charge is -2.43. The molecule has 1 heterocycles. The number of likely N-dealkylation sites (tertiary alicyclic amines) is 1. The Bertz CT molecular complexity index is 923. The van der Waals surface area contributed by atoms with E-state index in [0.29, 0.717) is 19.0 Å². The van der Waals surface area contributed by atoms with Gasteiger partial charge in [-0.1, -0.05) is 73.9 Å². The van der Waals surface area contributed by atoms with E-state index in [0.717, 1.165) is 32.1 Å². The Hall–Kier alpha value is -2.62. The molecule has 4 heteroatoms. The van der Waals surface area contributed by atoms with E-state index in [9.17, 15) is 9.59 Å². The van der Waals surface area contributed by atoms with Gasteiger partial charge in [0.05, 0.1) is 5.41 Å². The van der Waals surface area contributed by atoms with Gasteiger partial charge in [-0.05, 0) is 48.8 Å². The third-order valence-electron chi connectivity index (χ3n) is 7.42. The molecule has 1 saturated carbocycles. The number of hydrogen-bond donors (Lipinski definition) is 0. The molecule has 32 heavy (non-hydrogen) atoms. The summed E-state index contributed by atoms with van der Waals surface area (Å²) < 4.78 is 0. The van der Waals surface area contributed by atoms with E-state index < -0.39 is 5.41 Å². The molecule has 2 aromatic rings. The highest BCUT2D eigenvalue weighted by atomic mass is 16.2.